The lowest BCUT2D eigenvalue weighted by atomic mass is 9.72. The van der Waals surface area contributed by atoms with E-state index in [1.165, 1.54) is 19.2 Å². The molecule has 2 heterocycles. The molecule has 49 heavy (non-hydrogen) atoms. The summed E-state index contributed by atoms with van der Waals surface area (Å²) in [5.41, 5.74) is 8.27. The average molecular weight is 677 g/mol. The monoisotopic (exact) mass is 676 g/mol. The minimum Gasteiger partial charge on any atom is -0.468 e. The molecule has 5 N–H and O–H groups in total. The maximum Gasteiger partial charge on any atom is 0.316 e. The second kappa shape index (κ2) is 17.7. The number of amides is 2. The summed E-state index contributed by atoms with van der Waals surface area (Å²) in [4.78, 5) is 53.8. The number of nitrogens with two attached hydrogens (primary N) is 1. The lowest BCUT2D eigenvalue weighted by Gasteiger charge is -2.40. The van der Waals surface area contributed by atoms with E-state index in [1.54, 1.807) is 12.1 Å². The summed E-state index contributed by atoms with van der Waals surface area (Å²) in [7, 11) is 1.43. The SMILES string of the molecule is CCNC(=O)C1=C(CC)NC(COCCN)=C(C(=O)NCCCN2CCC(C(=O)OC)(c3ccccc3)CC2)C1c1ccc([N+](=O)[O-])cc1. The van der Waals surface area contributed by atoms with E-state index < -0.39 is 16.3 Å². The molecule has 2 aliphatic rings. The Labute approximate surface area is 287 Å². The van der Waals surface area contributed by atoms with Gasteiger partial charge < -0.3 is 36.1 Å². The van der Waals surface area contributed by atoms with Crippen LogP contribution in [0.2, 0.25) is 0 Å². The summed E-state index contributed by atoms with van der Waals surface area (Å²) < 4.78 is 11.0. The molecule has 1 saturated heterocycles. The number of piperidine rings is 1. The highest BCUT2D eigenvalue weighted by Crippen LogP contribution is 2.40. The van der Waals surface area contributed by atoms with Gasteiger partial charge in [-0.1, -0.05) is 49.4 Å². The van der Waals surface area contributed by atoms with Crippen molar-refractivity contribution in [2.75, 3.05) is 59.6 Å². The van der Waals surface area contributed by atoms with Gasteiger partial charge >= 0.3 is 5.97 Å². The highest BCUT2D eigenvalue weighted by atomic mass is 16.6. The third-order valence-electron chi connectivity index (χ3n) is 9.20. The summed E-state index contributed by atoms with van der Waals surface area (Å²) in [5.74, 6) is -1.72. The second-order valence-electron chi connectivity index (χ2n) is 12.1. The van der Waals surface area contributed by atoms with Crippen LogP contribution in [-0.4, -0.2) is 87.2 Å². The first-order valence-electron chi connectivity index (χ1n) is 16.9. The van der Waals surface area contributed by atoms with Crippen LogP contribution < -0.4 is 21.7 Å². The van der Waals surface area contributed by atoms with Crippen LogP contribution in [0.5, 0.6) is 0 Å². The van der Waals surface area contributed by atoms with Gasteiger partial charge in [0.05, 0.1) is 41.9 Å². The molecule has 264 valence electrons. The molecule has 1 atom stereocenters. The molecule has 0 aliphatic carbocycles. The van der Waals surface area contributed by atoms with Crippen molar-refractivity contribution in [3.8, 4) is 0 Å². The smallest absolute Gasteiger partial charge is 0.316 e. The molecule has 2 aromatic rings. The first-order chi connectivity index (χ1) is 23.7. The van der Waals surface area contributed by atoms with Crippen LogP contribution in [0.15, 0.2) is 77.1 Å². The third-order valence-corrected chi connectivity index (χ3v) is 9.20. The van der Waals surface area contributed by atoms with Crippen molar-refractivity contribution in [3.05, 3.63) is 98.4 Å². The van der Waals surface area contributed by atoms with Gasteiger partial charge in [-0.15, -0.1) is 0 Å². The van der Waals surface area contributed by atoms with Crippen molar-refractivity contribution < 1.29 is 28.8 Å². The fourth-order valence-electron chi connectivity index (χ4n) is 6.70. The van der Waals surface area contributed by atoms with Crippen LogP contribution in [0.1, 0.15) is 56.6 Å². The number of likely N-dealkylation sites (tertiary alicyclic amines) is 1. The van der Waals surface area contributed by atoms with Crippen molar-refractivity contribution >= 4 is 23.5 Å². The quantitative estimate of drug-likeness (QED) is 0.0894. The number of esters is 1. The number of rotatable bonds is 16. The molecule has 1 unspecified atom stereocenters. The molecule has 0 spiro atoms. The van der Waals surface area contributed by atoms with Crippen LogP contribution in [0.25, 0.3) is 0 Å². The van der Waals surface area contributed by atoms with Crippen molar-refractivity contribution in [3.63, 3.8) is 0 Å². The van der Waals surface area contributed by atoms with Gasteiger partial charge in [0, 0.05) is 49.0 Å². The predicted molar refractivity (Wildman–Crippen MR) is 185 cm³/mol. The van der Waals surface area contributed by atoms with E-state index in [1.807, 2.05) is 44.2 Å². The Morgan fingerprint density at radius 1 is 1.00 bits per heavy atom. The van der Waals surface area contributed by atoms with Crippen molar-refractivity contribution in [2.45, 2.75) is 50.9 Å². The third kappa shape index (κ3) is 8.72. The Kier molecular flexibility index (Phi) is 13.5. The average Bonchev–Trinajstić information content (AvgIpc) is 3.13. The molecule has 2 aromatic carbocycles. The summed E-state index contributed by atoms with van der Waals surface area (Å²) >= 11 is 0. The molecule has 13 nitrogen and oxygen atoms in total. The topological polar surface area (TPSA) is 178 Å². The molecule has 2 aliphatic heterocycles. The summed E-state index contributed by atoms with van der Waals surface area (Å²) in [6.45, 7) is 7.23. The number of carbonyl (C=O) groups excluding carboxylic acids is 3. The molecule has 1 fully saturated rings. The summed E-state index contributed by atoms with van der Waals surface area (Å²) in [6, 6.07) is 15.7. The van der Waals surface area contributed by atoms with Gasteiger partial charge in [-0.2, -0.15) is 0 Å². The highest BCUT2D eigenvalue weighted by molar-refractivity contribution is 6.04. The van der Waals surface area contributed by atoms with E-state index in [-0.39, 0.29) is 36.7 Å². The van der Waals surface area contributed by atoms with E-state index in [2.05, 4.69) is 20.9 Å². The number of hydrogen-bond donors (Lipinski definition) is 4. The number of methoxy groups -OCH3 is 1. The largest absolute Gasteiger partial charge is 0.468 e. The Balaban J connectivity index is 1.53. The number of carbonyl (C=O) groups is 3. The fraction of sp³-hybridized carbons (Fsp3) is 0.472. The van der Waals surface area contributed by atoms with Gasteiger partial charge in [-0.25, -0.2) is 0 Å². The van der Waals surface area contributed by atoms with Crippen LogP contribution in [0.4, 0.5) is 5.69 Å². The van der Waals surface area contributed by atoms with Gasteiger partial charge in [-0.05, 0) is 63.4 Å². The number of allylic oxidation sites excluding steroid dienone is 1. The molecular formula is C36H48N6O7. The summed E-state index contributed by atoms with van der Waals surface area (Å²) in [5, 5.41) is 20.6. The Bertz CT molecular complexity index is 1530. The van der Waals surface area contributed by atoms with Crippen molar-refractivity contribution in [1.29, 1.82) is 0 Å². The first-order valence-corrected chi connectivity index (χ1v) is 16.9. The minimum absolute atomic E-state index is 0.0623. The van der Waals surface area contributed by atoms with E-state index in [9.17, 15) is 24.5 Å². The fourth-order valence-corrected chi connectivity index (χ4v) is 6.70. The standard InChI is InChI=1S/C36H48N6O7/c1-4-28-31(33(43)38-5-2)30(25-12-14-27(15-13-25)42(46)47)32(29(40-28)24-49-23-18-37)34(44)39-19-9-20-41-21-16-36(17-22-41,35(45)48-3)26-10-7-6-8-11-26/h6-8,10-15,30,40H,4-5,9,16-24,37H2,1-3H3,(H,38,43)(H,39,44). The zero-order chi connectivity index (χ0) is 35.4. The van der Waals surface area contributed by atoms with Crippen LogP contribution in [0.3, 0.4) is 0 Å². The van der Waals surface area contributed by atoms with Gasteiger partial charge in [0.15, 0.2) is 0 Å². The van der Waals surface area contributed by atoms with E-state index in [4.69, 9.17) is 15.2 Å². The number of nitro benzene ring substituents is 1. The number of likely N-dealkylation sites (N-methyl/N-ethyl adjacent to an activating group) is 1. The number of non-ortho nitro benzene ring substituents is 1. The maximum atomic E-state index is 14.1. The Morgan fingerprint density at radius 2 is 1.65 bits per heavy atom. The van der Waals surface area contributed by atoms with Crippen LogP contribution in [-0.2, 0) is 29.3 Å². The number of nitrogens with one attached hydrogen (secondary N) is 3. The lowest BCUT2D eigenvalue weighted by Crippen LogP contribution is -2.48. The van der Waals surface area contributed by atoms with Crippen molar-refractivity contribution in [2.24, 2.45) is 5.73 Å². The zero-order valence-corrected chi connectivity index (χ0v) is 28.6. The number of benzene rings is 2. The predicted octanol–water partition coefficient (Wildman–Crippen LogP) is 3.02. The molecule has 0 aromatic heterocycles. The number of ether oxygens (including phenoxy) is 2. The van der Waals surface area contributed by atoms with E-state index >= 15 is 0 Å². The minimum atomic E-state index is -0.799. The van der Waals surface area contributed by atoms with Crippen LogP contribution in [0, 0.1) is 10.1 Å². The number of dihydropyridines is 1. The number of nitrogens with zero attached hydrogens (tertiary/aromatic N) is 2. The van der Waals surface area contributed by atoms with E-state index in [0.29, 0.717) is 93.1 Å². The number of nitro groups is 1. The van der Waals surface area contributed by atoms with Crippen LogP contribution >= 0.6 is 0 Å². The molecular weight excluding hydrogens is 628 g/mol. The molecule has 0 bridgehead atoms. The van der Waals surface area contributed by atoms with Gasteiger partial charge in [-0.3, -0.25) is 24.5 Å². The van der Waals surface area contributed by atoms with E-state index in [0.717, 1.165) is 5.56 Å². The molecule has 0 radical (unpaired) electrons. The van der Waals surface area contributed by atoms with Gasteiger partial charge in [0.25, 0.3) is 5.69 Å². The van der Waals surface area contributed by atoms with Gasteiger partial charge in [0.2, 0.25) is 11.8 Å². The Morgan fingerprint density at radius 3 is 2.24 bits per heavy atom. The maximum absolute atomic E-state index is 14.1. The Hall–Kier alpha value is -4.59. The zero-order valence-electron chi connectivity index (χ0n) is 28.6. The molecule has 13 heteroatoms. The number of hydrogen-bond acceptors (Lipinski definition) is 10. The highest BCUT2D eigenvalue weighted by Gasteiger charge is 2.44. The van der Waals surface area contributed by atoms with Gasteiger partial charge in [0.1, 0.15) is 0 Å². The normalized spacial score (nSPS) is 17.7. The van der Waals surface area contributed by atoms with Crippen molar-refractivity contribution in [1.82, 2.24) is 20.9 Å². The molecule has 0 saturated carbocycles. The lowest BCUT2D eigenvalue weighted by molar-refractivity contribution is -0.384. The molecule has 4 rings (SSSR count). The first kappa shape index (κ1) is 37.2. The molecule has 2 amide bonds. The summed E-state index contributed by atoms with van der Waals surface area (Å²) in [6.07, 6.45) is 2.39. The second-order valence-corrected chi connectivity index (χ2v) is 12.1.